The van der Waals surface area contributed by atoms with Gasteiger partial charge in [0.25, 0.3) is 0 Å². The number of amides is 1. The number of carbonyl (C=O) groups is 1. The van der Waals surface area contributed by atoms with Crippen molar-refractivity contribution in [2.75, 3.05) is 27.4 Å². The van der Waals surface area contributed by atoms with Crippen molar-refractivity contribution in [1.82, 2.24) is 25.0 Å². The van der Waals surface area contributed by atoms with Gasteiger partial charge in [0.15, 0.2) is 5.82 Å². The maximum Gasteiger partial charge on any atom is 0.558 e. The van der Waals surface area contributed by atoms with Gasteiger partial charge in [-0.2, -0.15) is 4.99 Å². The molecule has 3 atom stereocenters. The topological polar surface area (TPSA) is 130 Å². The Morgan fingerprint density at radius 1 is 0.983 bits per heavy atom. The van der Waals surface area contributed by atoms with Crippen LogP contribution in [0.25, 0.3) is 5.70 Å². The molecule has 1 aromatic heterocycles. The van der Waals surface area contributed by atoms with Gasteiger partial charge in [-0.05, 0) is 53.0 Å². The highest BCUT2D eigenvalue weighted by molar-refractivity contribution is 6.41. The summed E-state index contributed by atoms with van der Waals surface area (Å²) in [6.07, 6.45) is 6.39. The SMILES string of the molecule is C#CCCOB(OC1CC(n2cnc3c2N=C(NC(=O)C(C)C)NC3=C)OC1COC(c1ccccc1)(c1ccc(OC)cc1)c1ccc(OC)cc1)N(C(C)C)C(C)C. The highest BCUT2D eigenvalue weighted by atomic mass is 16.6. The highest BCUT2D eigenvalue weighted by Gasteiger charge is 2.46. The molecule has 1 saturated heterocycles. The van der Waals surface area contributed by atoms with E-state index in [1.807, 2.05) is 85.1 Å². The molecule has 2 aliphatic rings. The van der Waals surface area contributed by atoms with Crippen LogP contribution in [0.1, 0.15) is 83.0 Å². The van der Waals surface area contributed by atoms with Crippen molar-refractivity contribution in [3.05, 3.63) is 114 Å². The van der Waals surface area contributed by atoms with Crippen LogP contribution >= 0.6 is 0 Å². The summed E-state index contributed by atoms with van der Waals surface area (Å²) in [5, 5.41) is 5.93. The number of imidazole rings is 1. The first-order chi connectivity index (χ1) is 28.9. The normalized spacial score (nSPS) is 17.7. The van der Waals surface area contributed by atoms with Crippen molar-refractivity contribution >= 4 is 30.6 Å². The van der Waals surface area contributed by atoms with E-state index in [1.54, 1.807) is 20.5 Å². The van der Waals surface area contributed by atoms with E-state index in [4.69, 9.17) is 39.7 Å². The molecule has 0 radical (unpaired) electrons. The number of carbonyl (C=O) groups excluding carboxylic acids is 1. The Morgan fingerprint density at radius 2 is 1.58 bits per heavy atom. The van der Waals surface area contributed by atoms with Gasteiger partial charge >= 0.3 is 7.25 Å². The zero-order valence-electron chi connectivity index (χ0n) is 35.9. The van der Waals surface area contributed by atoms with E-state index in [2.05, 4.69) is 72.8 Å². The molecule has 60 heavy (non-hydrogen) atoms. The van der Waals surface area contributed by atoms with Crippen LogP contribution in [-0.2, 0) is 29.2 Å². The predicted octanol–water partition coefficient (Wildman–Crippen LogP) is 7.06. The Balaban J connectivity index is 1.43. The molecule has 14 heteroatoms. The van der Waals surface area contributed by atoms with Crippen LogP contribution in [0.5, 0.6) is 11.5 Å². The van der Waals surface area contributed by atoms with Crippen molar-refractivity contribution in [3.63, 3.8) is 0 Å². The monoisotopic (exact) mass is 816 g/mol. The van der Waals surface area contributed by atoms with E-state index in [0.717, 1.165) is 28.2 Å². The molecular formula is C46H57BN6O7. The van der Waals surface area contributed by atoms with Crippen LogP contribution in [0.2, 0.25) is 0 Å². The Labute approximate surface area is 354 Å². The van der Waals surface area contributed by atoms with Crippen molar-refractivity contribution in [2.24, 2.45) is 10.9 Å². The second-order valence-electron chi connectivity index (χ2n) is 15.7. The van der Waals surface area contributed by atoms with E-state index >= 15 is 0 Å². The molecule has 0 spiro atoms. The van der Waals surface area contributed by atoms with E-state index in [1.165, 1.54) is 0 Å². The van der Waals surface area contributed by atoms with Gasteiger partial charge in [0.2, 0.25) is 11.9 Å². The van der Waals surface area contributed by atoms with Gasteiger partial charge in [-0.1, -0.05) is 103 Å². The maximum atomic E-state index is 12.7. The summed E-state index contributed by atoms with van der Waals surface area (Å²) in [6.45, 7) is 16.6. The second-order valence-corrected chi connectivity index (χ2v) is 15.7. The minimum atomic E-state index is -1.11. The van der Waals surface area contributed by atoms with E-state index in [-0.39, 0.29) is 36.5 Å². The Kier molecular flexibility index (Phi) is 14.5. The lowest BCUT2D eigenvalue weighted by Crippen LogP contribution is -2.54. The summed E-state index contributed by atoms with van der Waals surface area (Å²) in [5.41, 5.74) is 2.61. The van der Waals surface area contributed by atoms with Gasteiger partial charge in [0.1, 0.15) is 35.1 Å². The summed E-state index contributed by atoms with van der Waals surface area (Å²) in [6, 6.07) is 26.1. The lowest BCUT2D eigenvalue weighted by molar-refractivity contribution is -0.122. The average Bonchev–Trinajstić information content (AvgIpc) is 3.85. The van der Waals surface area contributed by atoms with Crippen molar-refractivity contribution < 1.29 is 33.1 Å². The molecule has 2 aliphatic heterocycles. The van der Waals surface area contributed by atoms with Crippen molar-refractivity contribution in [2.45, 2.75) is 90.5 Å². The summed E-state index contributed by atoms with van der Waals surface area (Å²) >= 11 is 0. The zero-order chi connectivity index (χ0) is 43.0. The smallest absolute Gasteiger partial charge is 0.497 e. The van der Waals surface area contributed by atoms with Gasteiger partial charge in [0, 0.05) is 25.4 Å². The number of terminal acetylenes is 1. The molecule has 0 aliphatic carbocycles. The third kappa shape index (κ3) is 9.62. The van der Waals surface area contributed by atoms with Crippen molar-refractivity contribution in [3.8, 4) is 23.8 Å². The molecule has 4 aromatic rings. The molecule has 0 bridgehead atoms. The molecule has 6 rings (SSSR count). The fraction of sp³-hybridized carbons (Fsp3) is 0.413. The van der Waals surface area contributed by atoms with Gasteiger partial charge in [-0.3, -0.25) is 19.5 Å². The number of benzene rings is 3. The molecule has 316 valence electrons. The quantitative estimate of drug-likeness (QED) is 0.0466. The van der Waals surface area contributed by atoms with E-state index < -0.39 is 31.3 Å². The first-order valence-corrected chi connectivity index (χ1v) is 20.4. The second kappa shape index (κ2) is 19.8. The number of ether oxygens (including phenoxy) is 4. The Hall–Kier alpha value is -5.43. The molecule has 3 aromatic carbocycles. The van der Waals surface area contributed by atoms with Crippen LogP contribution in [0, 0.1) is 18.3 Å². The number of rotatable bonds is 18. The number of hydrogen-bond acceptors (Lipinski definition) is 11. The summed E-state index contributed by atoms with van der Waals surface area (Å²) in [7, 11) is 2.55. The molecular weight excluding hydrogens is 759 g/mol. The maximum absolute atomic E-state index is 12.7. The molecule has 1 amide bonds. The molecule has 1 fully saturated rings. The number of nitrogens with one attached hydrogen (secondary N) is 2. The van der Waals surface area contributed by atoms with Gasteiger partial charge in [0.05, 0.1) is 39.0 Å². The minimum Gasteiger partial charge on any atom is -0.497 e. The van der Waals surface area contributed by atoms with E-state index in [0.29, 0.717) is 36.7 Å². The number of hydrogen-bond donors (Lipinski definition) is 2. The first-order valence-electron chi connectivity index (χ1n) is 20.4. The van der Waals surface area contributed by atoms with Crippen LogP contribution in [0.4, 0.5) is 5.82 Å². The summed E-state index contributed by atoms with van der Waals surface area (Å²) in [4.78, 5) is 24.3. The highest BCUT2D eigenvalue weighted by Crippen LogP contribution is 2.44. The molecule has 3 heterocycles. The number of methoxy groups -OCH3 is 2. The standard InChI is InChI=1S/C46H57BN6O7/c1-11-12-26-58-47(53(31(4)5)32(6)7)60-39-27-41(52-29-48-42-33(8)49-45(50-43(42)52)51-44(54)30(2)3)59-40(39)28-57-46(34-16-14-13-15-17-34,35-18-22-37(55-9)23-19-35)36-20-24-38(56-10)25-21-36/h1,13-25,29-32,39-41H,8,12,26-28H2,2-7,9-10H3,(H2,49,50,51,54). The average molecular weight is 817 g/mol. The fourth-order valence-corrected chi connectivity index (χ4v) is 7.64. The van der Waals surface area contributed by atoms with Crippen LogP contribution < -0.4 is 20.1 Å². The lowest BCUT2D eigenvalue weighted by Gasteiger charge is -2.38. The zero-order valence-corrected chi connectivity index (χ0v) is 35.9. The Morgan fingerprint density at radius 3 is 2.13 bits per heavy atom. The molecule has 2 N–H and O–H groups in total. The number of fused-ring (bicyclic) bond motifs is 1. The lowest BCUT2D eigenvalue weighted by atomic mass is 9.80. The van der Waals surface area contributed by atoms with Crippen LogP contribution in [0.3, 0.4) is 0 Å². The molecule has 3 unspecified atom stereocenters. The third-order valence-corrected chi connectivity index (χ3v) is 10.7. The number of guanidine groups is 1. The van der Waals surface area contributed by atoms with Gasteiger partial charge < -0.3 is 33.6 Å². The summed E-state index contributed by atoms with van der Waals surface area (Å²) in [5.74, 6) is 4.44. The minimum absolute atomic E-state index is 0.0810. The predicted molar refractivity (Wildman–Crippen MR) is 233 cm³/mol. The number of aromatic nitrogens is 2. The van der Waals surface area contributed by atoms with Gasteiger partial charge in [-0.15, -0.1) is 12.3 Å². The number of nitrogens with zero attached hydrogens (tertiary/aromatic N) is 4. The van der Waals surface area contributed by atoms with Crippen LogP contribution in [0.15, 0.2) is 96.8 Å². The van der Waals surface area contributed by atoms with Crippen molar-refractivity contribution in [1.29, 1.82) is 0 Å². The third-order valence-electron chi connectivity index (χ3n) is 10.7. The van der Waals surface area contributed by atoms with Gasteiger partial charge in [-0.25, -0.2) is 4.98 Å². The van der Waals surface area contributed by atoms with Crippen LogP contribution in [-0.4, -0.2) is 85.2 Å². The number of aliphatic imine (C=N–C) groups is 1. The van der Waals surface area contributed by atoms with E-state index in [9.17, 15) is 4.79 Å². The largest absolute Gasteiger partial charge is 0.558 e. The fourth-order valence-electron chi connectivity index (χ4n) is 7.64. The Bertz CT molecular complexity index is 2080. The summed E-state index contributed by atoms with van der Waals surface area (Å²) < 4.78 is 40.8. The molecule has 0 saturated carbocycles. The first kappa shape index (κ1) is 44.1. The molecule has 13 nitrogen and oxygen atoms in total.